The van der Waals surface area contributed by atoms with Gasteiger partial charge in [0.2, 0.25) is 0 Å². The lowest BCUT2D eigenvalue weighted by molar-refractivity contribution is 1.05. The molecule has 52 valence electrons. The molecule has 0 amide bonds. The van der Waals surface area contributed by atoms with E-state index < -0.39 is 0 Å². The molecule has 0 saturated carbocycles. The molecule has 10 heavy (non-hydrogen) atoms. The number of aromatic nitrogens is 1. The Labute approximate surface area is 65.1 Å². The van der Waals surface area contributed by atoms with Gasteiger partial charge in [-0.05, 0) is 13.3 Å². The third-order valence-electron chi connectivity index (χ3n) is 1.18. The summed E-state index contributed by atoms with van der Waals surface area (Å²) in [5, 5.41) is 1.12. The molecule has 0 radical (unpaired) electrons. The molecule has 0 aromatic carbocycles. The molecule has 0 bridgehead atoms. The van der Waals surface area contributed by atoms with Crippen LogP contribution in [0.15, 0.2) is 6.20 Å². The molecule has 1 aromatic rings. The minimum atomic E-state index is 0.821. The van der Waals surface area contributed by atoms with Gasteiger partial charge in [0.25, 0.3) is 0 Å². The maximum atomic E-state index is 5.12. The number of thiazole rings is 1. The lowest BCUT2D eigenvalue weighted by Crippen LogP contribution is -1.74. The van der Waals surface area contributed by atoms with Crippen molar-refractivity contribution in [2.24, 2.45) is 0 Å². The van der Waals surface area contributed by atoms with E-state index in [1.807, 2.05) is 13.1 Å². The summed E-state index contributed by atoms with van der Waals surface area (Å²) < 4.78 is 0. The summed E-state index contributed by atoms with van der Waals surface area (Å²) in [4.78, 5) is 5.41. The Balaban J connectivity index is 2.52. The van der Waals surface area contributed by atoms with Crippen LogP contribution < -0.4 is 0 Å². The first-order valence-electron chi connectivity index (χ1n) is 3.17. The highest BCUT2D eigenvalue weighted by atomic mass is 32.1. The fraction of sp³-hybridized carbons (Fsp3) is 0.375. The third kappa shape index (κ3) is 1.85. The summed E-state index contributed by atoms with van der Waals surface area (Å²) >= 11 is 1.72. The number of terminal acetylenes is 1. The topological polar surface area (TPSA) is 12.9 Å². The van der Waals surface area contributed by atoms with E-state index in [-0.39, 0.29) is 0 Å². The van der Waals surface area contributed by atoms with Crippen LogP contribution in [0.25, 0.3) is 0 Å². The van der Waals surface area contributed by atoms with Crippen LogP contribution in [0.1, 0.15) is 16.3 Å². The molecule has 1 rings (SSSR count). The van der Waals surface area contributed by atoms with Crippen LogP contribution in [0.2, 0.25) is 0 Å². The van der Waals surface area contributed by atoms with Crippen LogP contribution in [-0.4, -0.2) is 4.98 Å². The molecule has 0 fully saturated rings. The summed E-state index contributed by atoms with van der Waals surface area (Å²) in [7, 11) is 0. The van der Waals surface area contributed by atoms with Gasteiger partial charge in [-0.15, -0.1) is 23.7 Å². The van der Waals surface area contributed by atoms with Gasteiger partial charge in [-0.2, -0.15) is 0 Å². The predicted molar refractivity (Wildman–Crippen MR) is 44.0 cm³/mol. The van der Waals surface area contributed by atoms with E-state index in [0.717, 1.165) is 17.8 Å². The van der Waals surface area contributed by atoms with E-state index >= 15 is 0 Å². The summed E-state index contributed by atoms with van der Waals surface area (Å²) in [6.45, 7) is 2.00. The summed E-state index contributed by atoms with van der Waals surface area (Å²) in [6.07, 6.45) is 8.81. The Kier molecular flexibility index (Phi) is 2.47. The van der Waals surface area contributed by atoms with E-state index in [1.54, 1.807) is 11.3 Å². The van der Waals surface area contributed by atoms with Gasteiger partial charge in [-0.1, -0.05) is 0 Å². The van der Waals surface area contributed by atoms with Gasteiger partial charge in [0.05, 0.1) is 5.01 Å². The first-order chi connectivity index (χ1) is 4.83. The fourth-order valence-electron chi connectivity index (χ4n) is 0.716. The molecular weight excluding hydrogens is 142 g/mol. The monoisotopic (exact) mass is 151 g/mol. The van der Waals surface area contributed by atoms with Crippen molar-refractivity contribution in [1.29, 1.82) is 0 Å². The summed E-state index contributed by atoms with van der Waals surface area (Å²) in [5.74, 6) is 2.60. The van der Waals surface area contributed by atoms with Crippen molar-refractivity contribution in [2.45, 2.75) is 19.8 Å². The highest BCUT2D eigenvalue weighted by molar-refractivity contribution is 7.11. The SMILES string of the molecule is C#CCCc1cnc(C)s1. The number of hydrogen-bond acceptors (Lipinski definition) is 2. The average molecular weight is 151 g/mol. The van der Waals surface area contributed by atoms with Gasteiger partial charge in [0.1, 0.15) is 0 Å². The average Bonchev–Trinajstić information content (AvgIpc) is 2.31. The van der Waals surface area contributed by atoms with Crippen molar-refractivity contribution < 1.29 is 0 Å². The van der Waals surface area contributed by atoms with E-state index in [4.69, 9.17) is 6.42 Å². The molecule has 0 aliphatic heterocycles. The first-order valence-corrected chi connectivity index (χ1v) is 3.99. The third-order valence-corrected chi connectivity index (χ3v) is 2.16. The molecule has 0 saturated heterocycles. The number of aryl methyl sites for hydroxylation is 2. The fourth-order valence-corrected chi connectivity index (χ4v) is 1.51. The molecule has 0 spiro atoms. The zero-order valence-electron chi connectivity index (χ0n) is 5.92. The van der Waals surface area contributed by atoms with Crippen molar-refractivity contribution in [3.63, 3.8) is 0 Å². The Morgan fingerprint density at radius 3 is 3.10 bits per heavy atom. The minimum absolute atomic E-state index is 0.821. The molecule has 2 heteroatoms. The van der Waals surface area contributed by atoms with Gasteiger partial charge >= 0.3 is 0 Å². The lowest BCUT2D eigenvalue weighted by atomic mass is 10.3. The standard InChI is InChI=1S/C8H9NS/c1-3-4-5-8-6-9-7(2)10-8/h1,6H,4-5H2,2H3. The molecule has 0 N–H and O–H groups in total. The summed E-state index contributed by atoms with van der Waals surface area (Å²) in [6, 6.07) is 0. The predicted octanol–water partition coefficient (Wildman–Crippen LogP) is 2.02. The maximum absolute atomic E-state index is 5.12. The normalized spacial score (nSPS) is 9.20. The summed E-state index contributed by atoms with van der Waals surface area (Å²) in [5.41, 5.74) is 0. The van der Waals surface area contributed by atoms with Crippen molar-refractivity contribution in [3.8, 4) is 12.3 Å². The van der Waals surface area contributed by atoms with Gasteiger partial charge in [-0.3, -0.25) is 0 Å². The zero-order valence-corrected chi connectivity index (χ0v) is 6.74. The number of hydrogen-bond donors (Lipinski definition) is 0. The van der Waals surface area contributed by atoms with Crippen molar-refractivity contribution in [1.82, 2.24) is 4.98 Å². The molecule has 0 unspecified atom stereocenters. The van der Waals surface area contributed by atoms with E-state index in [2.05, 4.69) is 10.9 Å². The Bertz CT molecular complexity index is 244. The quantitative estimate of drug-likeness (QED) is 0.589. The molecule has 1 aromatic heterocycles. The maximum Gasteiger partial charge on any atom is 0.0896 e. The lowest BCUT2D eigenvalue weighted by Gasteiger charge is -1.85. The molecular formula is C8H9NS. The van der Waals surface area contributed by atoms with E-state index in [0.29, 0.717) is 0 Å². The smallest absolute Gasteiger partial charge is 0.0896 e. The van der Waals surface area contributed by atoms with Crippen molar-refractivity contribution in [2.75, 3.05) is 0 Å². The highest BCUT2D eigenvalue weighted by Crippen LogP contribution is 2.12. The van der Waals surface area contributed by atoms with E-state index in [1.165, 1.54) is 4.88 Å². The number of rotatable bonds is 2. The van der Waals surface area contributed by atoms with Gasteiger partial charge in [0, 0.05) is 17.5 Å². The zero-order chi connectivity index (χ0) is 7.40. The Hall–Kier alpha value is -0.810. The Morgan fingerprint density at radius 1 is 1.80 bits per heavy atom. The molecule has 0 aliphatic rings. The van der Waals surface area contributed by atoms with Gasteiger partial charge in [-0.25, -0.2) is 4.98 Å². The molecule has 1 heterocycles. The highest BCUT2D eigenvalue weighted by Gasteiger charge is 1.94. The molecule has 0 atom stereocenters. The van der Waals surface area contributed by atoms with E-state index in [9.17, 15) is 0 Å². The first kappa shape index (κ1) is 7.30. The van der Waals surface area contributed by atoms with Crippen LogP contribution in [0.5, 0.6) is 0 Å². The minimum Gasteiger partial charge on any atom is -0.250 e. The molecule has 1 nitrogen and oxygen atoms in total. The van der Waals surface area contributed by atoms with Gasteiger partial charge < -0.3 is 0 Å². The van der Waals surface area contributed by atoms with Gasteiger partial charge in [0.15, 0.2) is 0 Å². The number of nitrogens with zero attached hydrogens (tertiary/aromatic N) is 1. The largest absolute Gasteiger partial charge is 0.250 e. The van der Waals surface area contributed by atoms with Crippen LogP contribution in [0, 0.1) is 19.3 Å². The van der Waals surface area contributed by atoms with Crippen LogP contribution in [0.3, 0.4) is 0 Å². The van der Waals surface area contributed by atoms with Crippen LogP contribution >= 0.6 is 11.3 Å². The second-order valence-electron chi connectivity index (χ2n) is 2.05. The van der Waals surface area contributed by atoms with Crippen molar-refractivity contribution >= 4 is 11.3 Å². The van der Waals surface area contributed by atoms with Crippen LogP contribution in [-0.2, 0) is 6.42 Å². The Morgan fingerprint density at radius 2 is 2.60 bits per heavy atom. The molecule has 0 aliphatic carbocycles. The second-order valence-corrected chi connectivity index (χ2v) is 3.37. The second kappa shape index (κ2) is 3.38. The van der Waals surface area contributed by atoms with Crippen molar-refractivity contribution in [3.05, 3.63) is 16.1 Å². The van der Waals surface area contributed by atoms with Crippen LogP contribution in [0.4, 0.5) is 0 Å².